The Balaban J connectivity index is 2.10. The number of nitrogens with two attached hydrogens (primary N) is 1. The maximum atomic E-state index is 13.3. The highest BCUT2D eigenvalue weighted by atomic mass is 32.2. The Morgan fingerprint density at radius 3 is 2.41 bits per heavy atom. The van der Waals surface area contributed by atoms with Gasteiger partial charge in [0.25, 0.3) is 10.0 Å². The second-order valence-electron chi connectivity index (χ2n) is 11.3. The normalized spacial score (nSPS) is 15.7. The Hall–Kier alpha value is -3.06. The van der Waals surface area contributed by atoms with Crippen molar-refractivity contribution in [2.24, 2.45) is 10.7 Å². The van der Waals surface area contributed by atoms with E-state index in [-0.39, 0.29) is 37.0 Å². The maximum absolute atomic E-state index is 13.3. The van der Waals surface area contributed by atoms with E-state index in [1.165, 1.54) is 0 Å². The van der Waals surface area contributed by atoms with E-state index in [0.717, 1.165) is 16.9 Å². The molecule has 0 saturated carbocycles. The number of fused-ring (bicyclic) bond motifs is 1. The van der Waals surface area contributed by atoms with Gasteiger partial charge in [0.15, 0.2) is 0 Å². The maximum Gasteiger partial charge on any atom is 0.408 e. The molecule has 1 aliphatic heterocycles. The number of nitrogens with zero attached hydrogens (tertiary/aromatic N) is 1. The number of aliphatic hydroxyl groups is 1. The van der Waals surface area contributed by atoms with E-state index < -0.39 is 39.3 Å². The fourth-order valence-corrected chi connectivity index (χ4v) is 5.91. The second-order valence-corrected chi connectivity index (χ2v) is 12.9. The van der Waals surface area contributed by atoms with Gasteiger partial charge in [-0.15, -0.1) is 0 Å². The van der Waals surface area contributed by atoms with Crippen molar-refractivity contribution in [3.8, 4) is 5.75 Å². The topological polar surface area (TPSA) is 181 Å². The number of carbonyl (C=O) groups is 2. The van der Waals surface area contributed by atoms with Crippen LogP contribution in [0.5, 0.6) is 5.75 Å². The third kappa shape index (κ3) is 8.72. The van der Waals surface area contributed by atoms with E-state index in [4.69, 9.17) is 20.3 Å². The van der Waals surface area contributed by atoms with Crippen LogP contribution in [0.2, 0.25) is 0 Å². The summed E-state index contributed by atoms with van der Waals surface area (Å²) in [5.74, 6) is -0.0456. The zero-order valence-corrected chi connectivity index (χ0v) is 25.0. The SMILES string of the molecule is Cc1c(C)c(S(=O)(=O)NC(N)=NCCCC(NC(=O)OC(C)(C)C)C(=O)NCCO)c(C)c2c1OC(C)(C)C2. The zero-order chi connectivity index (χ0) is 29.8. The third-order valence-corrected chi connectivity index (χ3v) is 7.78. The number of aliphatic imine (C=N–C) groups is 1. The molecule has 6 N–H and O–H groups in total. The molecule has 1 aliphatic rings. The molecule has 12 nitrogen and oxygen atoms in total. The monoisotopic (exact) mass is 569 g/mol. The molecule has 0 aliphatic carbocycles. The van der Waals surface area contributed by atoms with Crippen molar-refractivity contribution in [2.75, 3.05) is 19.7 Å². The number of carbonyl (C=O) groups excluding carboxylic acids is 2. The first-order valence-corrected chi connectivity index (χ1v) is 14.4. The van der Waals surface area contributed by atoms with Gasteiger partial charge in [0.05, 0.1) is 11.5 Å². The van der Waals surface area contributed by atoms with Gasteiger partial charge in [-0.2, -0.15) is 0 Å². The highest BCUT2D eigenvalue weighted by molar-refractivity contribution is 7.90. The number of benzene rings is 1. The molecule has 1 aromatic rings. The lowest BCUT2D eigenvalue weighted by molar-refractivity contribution is -0.123. The molecular formula is C26H43N5O7S. The molecule has 0 radical (unpaired) electrons. The largest absolute Gasteiger partial charge is 0.487 e. The standard InChI is InChI=1S/C26H43N5O7S/c1-15-16(2)21(17(3)18-14-26(7,8)37-20(15)18)39(35,36)31-23(27)29-11-9-10-19(22(33)28-12-13-32)30-24(34)38-25(4,5)6/h19,32H,9-14H2,1-8H3,(H,28,33)(H,30,34)(H3,27,29,31). The van der Waals surface area contributed by atoms with Crippen molar-refractivity contribution in [1.29, 1.82) is 0 Å². The molecule has 39 heavy (non-hydrogen) atoms. The van der Waals surface area contributed by atoms with Gasteiger partial charge in [-0.05, 0) is 84.9 Å². The van der Waals surface area contributed by atoms with Crippen molar-refractivity contribution in [3.63, 3.8) is 0 Å². The second kappa shape index (κ2) is 12.4. The molecule has 0 aromatic heterocycles. The van der Waals surface area contributed by atoms with Crippen molar-refractivity contribution >= 4 is 28.0 Å². The predicted octanol–water partition coefficient (Wildman–Crippen LogP) is 1.70. The molecule has 0 spiro atoms. The molecule has 1 atom stereocenters. The summed E-state index contributed by atoms with van der Waals surface area (Å²) in [6.07, 6.45) is 0.313. The zero-order valence-electron chi connectivity index (χ0n) is 24.1. The third-order valence-electron chi connectivity index (χ3n) is 6.15. The first-order valence-electron chi connectivity index (χ1n) is 12.9. The van der Waals surface area contributed by atoms with Crippen LogP contribution in [-0.2, 0) is 26.0 Å². The van der Waals surface area contributed by atoms with Gasteiger partial charge in [0, 0.05) is 25.1 Å². The molecule has 1 heterocycles. The fourth-order valence-electron chi connectivity index (χ4n) is 4.38. The Morgan fingerprint density at radius 2 is 1.82 bits per heavy atom. The van der Waals surface area contributed by atoms with Gasteiger partial charge < -0.3 is 30.9 Å². The molecular weight excluding hydrogens is 526 g/mol. The van der Waals surface area contributed by atoms with Crippen molar-refractivity contribution < 1.29 is 32.6 Å². The molecule has 1 unspecified atom stereocenters. The van der Waals surface area contributed by atoms with Crippen molar-refractivity contribution in [3.05, 3.63) is 22.3 Å². The quantitative estimate of drug-likeness (QED) is 0.160. The number of aliphatic hydroxyl groups excluding tert-OH is 1. The van der Waals surface area contributed by atoms with Crippen LogP contribution < -0.4 is 25.8 Å². The van der Waals surface area contributed by atoms with Gasteiger partial charge in [-0.3, -0.25) is 9.79 Å². The van der Waals surface area contributed by atoms with Gasteiger partial charge in [-0.25, -0.2) is 17.9 Å². The number of ether oxygens (including phenoxy) is 2. The highest BCUT2D eigenvalue weighted by Crippen LogP contribution is 2.43. The number of hydrogen-bond donors (Lipinski definition) is 5. The number of guanidine groups is 1. The van der Waals surface area contributed by atoms with E-state index in [1.54, 1.807) is 34.6 Å². The number of rotatable bonds is 10. The van der Waals surface area contributed by atoms with Crippen LogP contribution in [0.25, 0.3) is 0 Å². The van der Waals surface area contributed by atoms with Crippen LogP contribution in [0.3, 0.4) is 0 Å². The summed E-state index contributed by atoms with van der Waals surface area (Å²) in [7, 11) is -4.04. The molecule has 1 aromatic carbocycles. The van der Waals surface area contributed by atoms with Crippen LogP contribution in [0, 0.1) is 20.8 Å². The van der Waals surface area contributed by atoms with Gasteiger partial charge in [-0.1, -0.05) is 0 Å². The molecule has 13 heteroatoms. The molecule has 2 rings (SSSR count). The highest BCUT2D eigenvalue weighted by Gasteiger charge is 2.36. The van der Waals surface area contributed by atoms with Gasteiger partial charge >= 0.3 is 6.09 Å². The van der Waals surface area contributed by atoms with Crippen LogP contribution >= 0.6 is 0 Å². The first-order chi connectivity index (χ1) is 17.9. The Morgan fingerprint density at radius 1 is 1.18 bits per heavy atom. The first kappa shape index (κ1) is 32.2. The molecule has 0 bridgehead atoms. The molecule has 2 amide bonds. The summed E-state index contributed by atoms with van der Waals surface area (Å²) in [5, 5.41) is 14.0. The Labute approximate surface area is 231 Å². The number of sulfonamides is 1. The lowest BCUT2D eigenvalue weighted by atomic mass is 9.94. The summed E-state index contributed by atoms with van der Waals surface area (Å²) >= 11 is 0. The number of alkyl carbamates (subject to hydrolysis) is 1. The van der Waals surface area contributed by atoms with E-state index in [9.17, 15) is 18.0 Å². The minimum absolute atomic E-state index is 0.0306. The average molecular weight is 570 g/mol. The van der Waals surface area contributed by atoms with E-state index >= 15 is 0 Å². The van der Waals surface area contributed by atoms with Gasteiger partial charge in [0.1, 0.15) is 23.0 Å². The summed E-state index contributed by atoms with van der Waals surface area (Å²) in [5.41, 5.74) is 7.57. The Kier molecular flexibility index (Phi) is 10.2. The molecule has 220 valence electrons. The summed E-state index contributed by atoms with van der Waals surface area (Å²) in [6.45, 7) is 14.2. The summed E-state index contributed by atoms with van der Waals surface area (Å²) in [6, 6.07) is -0.939. The molecule has 0 saturated heterocycles. The lowest BCUT2D eigenvalue weighted by Gasteiger charge is -2.23. The van der Waals surface area contributed by atoms with E-state index in [0.29, 0.717) is 24.0 Å². The van der Waals surface area contributed by atoms with E-state index in [1.807, 2.05) is 20.8 Å². The summed E-state index contributed by atoms with van der Waals surface area (Å²) < 4.78 is 40.3. The van der Waals surface area contributed by atoms with Crippen molar-refractivity contribution in [1.82, 2.24) is 15.4 Å². The van der Waals surface area contributed by atoms with Gasteiger partial charge in [0.2, 0.25) is 11.9 Å². The van der Waals surface area contributed by atoms with Crippen molar-refractivity contribution in [2.45, 2.75) is 96.8 Å². The van der Waals surface area contributed by atoms with Crippen LogP contribution in [0.1, 0.15) is 69.7 Å². The average Bonchev–Trinajstić information content (AvgIpc) is 3.12. The van der Waals surface area contributed by atoms with Crippen LogP contribution in [0.15, 0.2) is 9.89 Å². The minimum atomic E-state index is -4.04. The number of hydrogen-bond acceptors (Lipinski definition) is 8. The summed E-state index contributed by atoms with van der Waals surface area (Å²) in [4.78, 5) is 28.9. The number of amides is 2. The smallest absolute Gasteiger partial charge is 0.408 e. The Bertz CT molecular complexity index is 1220. The lowest BCUT2D eigenvalue weighted by Crippen LogP contribution is -2.48. The molecule has 0 fully saturated rings. The van der Waals surface area contributed by atoms with Crippen LogP contribution in [-0.4, -0.2) is 68.4 Å². The predicted molar refractivity (Wildman–Crippen MR) is 148 cm³/mol. The van der Waals surface area contributed by atoms with E-state index in [2.05, 4.69) is 20.3 Å². The fraction of sp³-hybridized carbons (Fsp3) is 0.654. The number of nitrogens with one attached hydrogen (secondary N) is 3. The van der Waals surface area contributed by atoms with Crippen LogP contribution in [0.4, 0.5) is 4.79 Å². The minimum Gasteiger partial charge on any atom is -0.487 e.